The van der Waals surface area contributed by atoms with Gasteiger partial charge in [-0.1, -0.05) is 48.5 Å². The normalized spacial score (nSPS) is 11.8. The summed E-state index contributed by atoms with van der Waals surface area (Å²) in [4.78, 5) is 26.1. The molecule has 0 saturated carbocycles. The molecule has 4 heterocycles. The minimum absolute atomic E-state index is 0.690. The van der Waals surface area contributed by atoms with Crippen LogP contribution in [0.5, 0.6) is 0 Å². The van der Waals surface area contributed by atoms with Crippen molar-refractivity contribution in [2.45, 2.75) is 25.9 Å². The molecular weight excluding hydrogens is 496 g/mol. The number of aromatic nitrogens is 6. The molecule has 4 N–H and O–H groups in total. The van der Waals surface area contributed by atoms with Crippen LogP contribution in [-0.2, 0) is 25.9 Å². The van der Waals surface area contributed by atoms with Crippen molar-refractivity contribution in [3.63, 3.8) is 0 Å². The molecule has 8 nitrogen and oxygen atoms in total. The number of imidazole rings is 2. The zero-order chi connectivity index (χ0) is 26.7. The summed E-state index contributed by atoms with van der Waals surface area (Å²) in [5.41, 5.74) is 8.06. The summed E-state index contributed by atoms with van der Waals surface area (Å²) >= 11 is 0. The minimum atomic E-state index is 0.690. The quantitative estimate of drug-likeness (QED) is 0.144. The molecule has 3 aromatic carbocycles. The third-order valence-corrected chi connectivity index (χ3v) is 7.20. The zero-order valence-corrected chi connectivity index (χ0v) is 22.1. The second-order valence-corrected chi connectivity index (χ2v) is 10.1. The Morgan fingerprint density at radius 2 is 0.950 bits per heavy atom. The maximum atomic E-state index is 5.00. The lowest BCUT2D eigenvalue weighted by atomic mass is 10.1. The third-order valence-electron chi connectivity index (χ3n) is 7.20. The molecule has 7 aromatic rings. The maximum absolute atomic E-state index is 5.00. The largest absolute Gasteiger partial charge is 0.342 e. The predicted octanol–water partition coefficient (Wildman–Crippen LogP) is 5.20. The standard InChI is InChI=1S/C32H30N8/c1-2-6-26-25(5-1)37-29(38-26)15-17-33-19-23-13-11-21-9-10-22-12-14-24(36-32(22)31(21)35-23)20-34-18-16-30-39-27-7-3-4-8-28(27)40-30/h1-14,33-34H,15-20H2,(H,37,38)(H,39,40). The molecule has 0 amide bonds. The SMILES string of the molecule is c1ccc2[nH]c(CCNCc3ccc4ccc5ccc(CNCCc6nc7ccccc7[nH]6)nc5c4n3)nc2c1. The molecule has 0 aliphatic heterocycles. The smallest absolute Gasteiger partial charge is 0.108 e. The van der Waals surface area contributed by atoms with Crippen LogP contribution in [0.4, 0.5) is 0 Å². The Labute approximate surface area is 231 Å². The van der Waals surface area contributed by atoms with Gasteiger partial charge < -0.3 is 20.6 Å². The molecule has 0 saturated heterocycles. The fourth-order valence-electron chi connectivity index (χ4n) is 5.14. The molecular formula is C32H30N8. The molecule has 198 valence electrons. The van der Waals surface area contributed by atoms with Crippen LogP contribution >= 0.6 is 0 Å². The molecule has 4 aromatic heterocycles. The number of nitrogens with zero attached hydrogens (tertiary/aromatic N) is 4. The first-order valence-corrected chi connectivity index (χ1v) is 13.8. The Kier molecular flexibility index (Phi) is 6.61. The first-order valence-electron chi connectivity index (χ1n) is 13.8. The van der Waals surface area contributed by atoms with E-state index in [4.69, 9.17) is 9.97 Å². The number of para-hydroxylation sites is 4. The van der Waals surface area contributed by atoms with E-state index in [0.29, 0.717) is 13.1 Å². The summed E-state index contributed by atoms with van der Waals surface area (Å²) in [5, 5.41) is 9.22. The van der Waals surface area contributed by atoms with E-state index in [9.17, 15) is 0 Å². The number of aromatic amines is 2. The van der Waals surface area contributed by atoms with Crippen molar-refractivity contribution in [3.8, 4) is 0 Å². The van der Waals surface area contributed by atoms with E-state index in [1.54, 1.807) is 0 Å². The van der Waals surface area contributed by atoms with E-state index in [0.717, 1.165) is 92.8 Å². The van der Waals surface area contributed by atoms with Crippen molar-refractivity contribution >= 4 is 43.9 Å². The lowest BCUT2D eigenvalue weighted by Crippen LogP contribution is -2.18. The van der Waals surface area contributed by atoms with E-state index in [2.05, 4.69) is 79.1 Å². The average molecular weight is 527 g/mol. The van der Waals surface area contributed by atoms with Gasteiger partial charge in [0.05, 0.1) is 44.5 Å². The molecule has 0 spiro atoms. The fourth-order valence-corrected chi connectivity index (χ4v) is 5.14. The van der Waals surface area contributed by atoms with E-state index in [1.165, 1.54) is 0 Å². The molecule has 40 heavy (non-hydrogen) atoms. The maximum Gasteiger partial charge on any atom is 0.108 e. The number of nitrogens with one attached hydrogen (secondary N) is 4. The lowest BCUT2D eigenvalue weighted by molar-refractivity contribution is 0.665. The Hall–Kier alpha value is -4.66. The molecule has 7 rings (SSSR count). The highest BCUT2D eigenvalue weighted by Gasteiger charge is 2.08. The molecule has 0 radical (unpaired) electrons. The highest BCUT2D eigenvalue weighted by atomic mass is 15.0. The Morgan fingerprint density at radius 1 is 0.500 bits per heavy atom. The van der Waals surface area contributed by atoms with Gasteiger partial charge in [-0.15, -0.1) is 0 Å². The highest BCUT2D eigenvalue weighted by molar-refractivity contribution is 6.02. The van der Waals surface area contributed by atoms with E-state index >= 15 is 0 Å². The van der Waals surface area contributed by atoms with E-state index in [-0.39, 0.29) is 0 Å². The van der Waals surface area contributed by atoms with Crippen LogP contribution < -0.4 is 10.6 Å². The highest BCUT2D eigenvalue weighted by Crippen LogP contribution is 2.23. The van der Waals surface area contributed by atoms with Crippen LogP contribution in [0.25, 0.3) is 43.9 Å². The summed E-state index contributed by atoms with van der Waals surface area (Å²) in [6, 6.07) is 28.9. The number of H-pyrrole nitrogens is 2. The monoisotopic (exact) mass is 526 g/mol. The summed E-state index contributed by atoms with van der Waals surface area (Å²) in [6.45, 7) is 3.01. The minimum Gasteiger partial charge on any atom is -0.342 e. The first kappa shape index (κ1) is 24.4. The van der Waals surface area contributed by atoms with Crippen LogP contribution in [0.15, 0.2) is 84.9 Å². The van der Waals surface area contributed by atoms with E-state index in [1.807, 2.05) is 36.4 Å². The molecule has 0 aliphatic carbocycles. The average Bonchev–Trinajstić information content (AvgIpc) is 3.61. The number of benzene rings is 3. The van der Waals surface area contributed by atoms with Crippen molar-refractivity contribution in [1.82, 2.24) is 40.5 Å². The topological polar surface area (TPSA) is 107 Å². The van der Waals surface area contributed by atoms with Gasteiger partial charge in [0.25, 0.3) is 0 Å². The van der Waals surface area contributed by atoms with Crippen molar-refractivity contribution in [3.05, 3.63) is 108 Å². The molecule has 0 atom stereocenters. The molecule has 0 bridgehead atoms. The van der Waals surface area contributed by atoms with Gasteiger partial charge >= 0.3 is 0 Å². The molecule has 0 unspecified atom stereocenters. The van der Waals surface area contributed by atoms with E-state index < -0.39 is 0 Å². The number of pyridine rings is 2. The second kappa shape index (κ2) is 10.8. The molecule has 8 heteroatoms. The van der Waals surface area contributed by atoms with Gasteiger partial charge in [0.1, 0.15) is 11.6 Å². The summed E-state index contributed by atoms with van der Waals surface area (Å²) in [7, 11) is 0. The van der Waals surface area contributed by atoms with Crippen LogP contribution in [0.1, 0.15) is 23.0 Å². The summed E-state index contributed by atoms with van der Waals surface area (Å²) in [5.74, 6) is 1.99. The lowest BCUT2D eigenvalue weighted by Gasteiger charge is -2.09. The summed E-state index contributed by atoms with van der Waals surface area (Å²) < 4.78 is 0. The van der Waals surface area contributed by atoms with Gasteiger partial charge in [-0.25, -0.2) is 19.9 Å². The number of fused-ring (bicyclic) bond motifs is 5. The predicted molar refractivity (Wildman–Crippen MR) is 160 cm³/mol. The van der Waals surface area contributed by atoms with Crippen molar-refractivity contribution in [2.75, 3.05) is 13.1 Å². The van der Waals surface area contributed by atoms with Gasteiger partial charge in [0.15, 0.2) is 0 Å². The first-order chi connectivity index (χ1) is 19.8. The fraction of sp³-hybridized carbons (Fsp3) is 0.188. The van der Waals surface area contributed by atoms with Gasteiger partial charge in [-0.2, -0.15) is 0 Å². The molecule has 0 fully saturated rings. The number of rotatable bonds is 10. The second-order valence-electron chi connectivity index (χ2n) is 10.1. The van der Waals surface area contributed by atoms with Gasteiger partial charge in [-0.05, 0) is 36.4 Å². The Balaban J connectivity index is 0.993. The van der Waals surface area contributed by atoms with Gasteiger partial charge in [-0.3, -0.25) is 0 Å². The number of hydrogen-bond donors (Lipinski definition) is 4. The Bertz CT molecular complexity index is 1730. The van der Waals surface area contributed by atoms with Crippen molar-refractivity contribution in [2.24, 2.45) is 0 Å². The Morgan fingerprint density at radius 3 is 1.43 bits per heavy atom. The molecule has 0 aliphatic rings. The van der Waals surface area contributed by atoms with Crippen molar-refractivity contribution in [1.29, 1.82) is 0 Å². The van der Waals surface area contributed by atoms with Crippen LogP contribution in [0, 0.1) is 0 Å². The third kappa shape index (κ3) is 5.14. The van der Waals surface area contributed by atoms with Crippen molar-refractivity contribution < 1.29 is 0 Å². The summed E-state index contributed by atoms with van der Waals surface area (Å²) in [6.07, 6.45) is 1.67. The van der Waals surface area contributed by atoms with Crippen LogP contribution in [-0.4, -0.2) is 43.0 Å². The van der Waals surface area contributed by atoms with Crippen LogP contribution in [0.2, 0.25) is 0 Å². The van der Waals surface area contributed by atoms with Gasteiger partial charge in [0.2, 0.25) is 0 Å². The van der Waals surface area contributed by atoms with Gasteiger partial charge in [0, 0.05) is 49.8 Å². The number of hydrogen-bond acceptors (Lipinski definition) is 6. The zero-order valence-electron chi connectivity index (χ0n) is 22.1. The van der Waals surface area contributed by atoms with Crippen LogP contribution in [0.3, 0.4) is 0 Å².